The molecule has 1 aromatic rings. The van der Waals surface area contributed by atoms with E-state index in [-0.39, 0.29) is 0 Å². The molecule has 1 aliphatic heterocycles. The topological polar surface area (TPSA) is 15.3 Å². The van der Waals surface area contributed by atoms with Crippen molar-refractivity contribution in [2.75, 3.05) is 19.6 Å². The van der Waals surface area contributed by atoms with Crippen LogP contribution in [0.25, 0.3) is 0 Å². The minimum Gasteiger partial charge on any atom is -0.314 e. The van der Waals surface area contributed by atoms with Crippen LogP contribution in [0, 0.1) is 6.92 Å². The van der Waals surface area contributed by atoms with Gasteiger partial charge < -0.3 is 5.32 Å². The third-order valence-electron chi connectivity index (χ3n) is 5.02. The minimum absolute atomic E-state index is 0.438. The van der Waals surface area contributed by atoms with Crippen LogP contribution in [0.3, 0.4) is 0 Å². The Morgan fingerprint density at radius 1 is 1.26 bits per heavy atom. The summed E-state index contributed by atoms with van der Waals surface area (Å²) in [6.45, 7) is 8.18. The first-order chi connectivity index (χ1) is 9.21. The predicted octanol–water partition coefficient (Wildman–Crippen LogP) is 3.73. The first-order valence-electron chi connectivity index (χ1n) is 7.75. The zero-order chi connectivity index (χ0) is 13.3. The van der Waals surface area contributed by atoms with E-state index >= 15 is 0 Å². The zero-order valence-electron chi connectivity index (χ0n) is 12.2. The monoisotopic (exact) mass is 278 g/mol. The van der Waals surface area contributed by atoms with Crippen LogP contribution in [-0.2, 0) is 0 Å². The number of aryl methyl sites for hydroxylation is 1. The van der Waals surface area contributed by atoms with Gasteiger partial charge in [0.15, 0.2) is 0 Å². The molecule has 3 rings (SSSR count). The van der Waals surface area contributed by atoms with Crippen molar-refractivity contribution in [1.29, 1.82) is 0 Å². The molecule has 1 atom stereocenters. The average Bonchev–Trinajstić information content (AvgIpc) is 2.86. The molecule has 1 saturated carbocycles. The molecule has 2 heterocycles. The Balaban J connectivity index is 1.83. The van der Waals surface area contributed by atoms with Crippen molar-refractivity contribution in [1.82, 2.24) is 10.2 Å². The van der Waals surface area contributed by atoms with Crippen molar-refractivity contribution in [3.8, 4) is 0 Å². The minimum atomic E-state index is 0.438. The Bertz CT molecular complexity index is 412. The summed E-state index contributed by atoms with van der Waals surface area (Å²) >= 11 is 1.97. The Morgan fingerprint density at radius 2 is 2.05 bits per heavy atom. The van der Waals surface area contributed by atoms with E-state index in [2.05, 4.69) is 36.2 Å². The van der Waals surface area contributed by atoms with E-state index in [1.165, 1.54) is 50.1 Å². The molecule has 0 aromatic carbocycles. The highest BCUT2D eigenvalue weighted by molar-refractivity contribution is 7.12. The van der Waals surface area contributed by atoms with E-state index in [1.807, 2.05) is 11.3 Å². The summed E-state index contributed by atoms with van der Waals surface area (Å²) in [5, 5.41) is 3.65. The SMILES string of the molecule is Cc1ccc(C(C)N2CCNCC23CCCCC3)s1. The molecule has 106 valence electrons. The molecule has 19 heavy (non-hydrogen) atoms. The van der Waals surface area contributed by atoms with Crippen LogP contribution in [-0.4, -0.2) is 30.1 Å². The van der Waals surface area contributed by atoms with Crippen molar-refractivity contribution in [3.63, 3.8) is 0 Å². The van der Waals surface area contributed by atoms with Gasteiger partial charge in [-0.05, 0) is 38.8 Å². The smallest absolute Gasteiger partial charge is 0.0420 e. The van der Waals surface area contributed by atoms with Crippen LogP contribution >= 0.6 is 11.3 Å². The molecule has 1 aliphatic carbocycles. The first-order valence-corrected chi connectivity index (χ1v) is 8.57. The molecule has 2 fully saturated rings. The highest BCUT2D eigenvalue weighted by Gasteiger charge is 2.42. The van der Waals surface area contributed by atoms with Gasteiger partial charge >= 0.3 is 0 Å². The standard InChI is InChI=1S/C16H26N2S/c1-13-6-7-15(19-13)14(2)18-11-10-17-12-16(18)8-4-3-5-9-16/h6-7,14,17H,3-5,8-12H2,1-2H3. The molecule has 1 N–H and O–H groups in total. The highest BCUT2D eigenvalue weighted by atomic mass is 32.1. The maximum absolute atomic E-state index is 3.65. The molecule has 2 nitrogen and oxygen atoms in total. The lowest BCUT2D eigenvalue weighted by Crippen LogP contribution is -2.62. The van der Waals surface area contributed by atoms with Crippen LogP contribution in [0.15, 0.2) is 12.1 Å². The van der Waals surface area contributed by atoms with Gasteiger partial charge in [-0.1, -0.05) is 19.3 Å². The van der Waals surface area contributed by atoms with Gasteiger partial charge in [-0.25, -0.2) is 0 Å². The summed E-state index contributed by atoms with van der Waals surface area (Å²) in [5.74, 6) is 0. The van der Waals surface area contributed by atoms with Gasteiger partial charge in [-0.2, -0.15) is 0 Å². The molecular weight excluding hydrogens is 252 g/mol. The van der Waals surface area contributed by atoms with Gasteiger partial charge in [0.2, 0.25) is 0 Å². The Morgan fingerprint density at radius 3 is 2.74 bits per heavy atom. The summed E-state index contributed by atoms with van der Waals surface area (Å²) in [7, 11) is 0. The van der Waals surface area contributed by atoms with Gasteiger partial charge in [0.1, 0.15) is 0 Å². The fourth-order valence-electron chi connectivity index (χ4n) is 3.97. The lowest BCUT2D eigenvalue weighted by atomic mass is 9.78. The molecule has 0 bridgehead atoms. The molecule has 1 unspecified atom stereocenters. The van der Waals surface area contributed by atoms with Crippen LogP contribution < -0.4 is 5.32 Å². The molecule has 2 aliphatic rings. The lowest BCUT2D eigenvalue weighted by Gasteiger charge is -2.52. The van der Waals surface area contributed by atoms with E-state index < -0.39 is 0 Å². The average molecular weight is 278 g/mol. The quantitative estimate of drug-likeness (QED) is 0.887. The second-order valence-electron chi connectivity index (χ2n) is 6.28. The molecule has 1 spiro atoms. The fraction of sp³-hybridized carbons (Fsp3) is 0.750. The Kier molecular flexibility index (Phi) is 3.97. The van der Waals surface area contributed by atoms with E-state index in [4.69, 9.17) is 0 Å². The highest BCUT2D eigenvalue weighted by Crippen LogP contribution is 2.40. The Labute approximate surface area is 121 Å². The van der Waals surface area contributed by atoms with Gasteiger partial charge in [0, 0.05) is 41.0 Å². The number of hydrogen-bond donors (Lipinski definition) is 1. The first kappa shape index (κ1) is 13.6. The molecule has 1 aromatic heterocycles. The molecule has 1 saturated heterocycles. The van der Waals surface area contributed by atoms with Gasteiger partial charge in [0.05, 0.1) is 0 Å². The zero-order valence-corrected chi connectivity index (χ0v) is 13.1. The van der Waals surface area contributed by atoms with Crippen LogP contribution in [0.1, 0.15) is 54.8 Å². The summed E-state index contributed by atoms with van der Waals surface area (Å²) < 4.78 is 0. The predicted molar refractivity (Wildman–Crippen MR) is 82.9 cm³/mol. The molecular formula is C16H26N2S. The second kappa shape index (κ2) is 5.55. The van der Waals surface area contributed by atoms with Crippen molar-refractivity contribution < 1.29 is 0 Å². The number of piperazine rings is 1. The van der Waals surface area contributed by atoms with Crippen molar-refractivity contribution in [2.24, 2.45) is 0 Å². The summed E-state index contributed by atoms with van der Waals surface area (Å²) in [6, 6.07) is 5.19. The summed E-state index contributed by atoms with van der Waals surface area (Å²) in [5.41, 5.74) is 0.438. The maximum Gasteiger partial charge on any atom is 0.0420 e. The van der Waals surface area contributed by atoms with E-state index in [9.17, 15) is 0 Å². The van der Waals surface area contributed by atoms with Crippen molar-refractivity contribution in [3.05, 3.63) is 21.9 Å². The normalized spacial score (nSPS) is 25.6. The van der Waals surface area contributed by atoms with E-state index in [0.717, 1.165) is 6.54 Å². The van der Waals surface area contributed by atoms with Crippen LogP contribution in [0.4, 0.5) is 0 Å². The van der Waals surface area contributed by atoms with Crippen LogP contribution in [0.5, 0.6) is 0 Å². The van der Waals surface area contributed by atoms with Gasteiger partial charge in [-0.15, -0.1) is 11.3 Å². The number of hydrogen-bond acceptors (Lipinski definition) is 3. The Hall–Kier alpha value is -0.380. The summed E-state index contributed by atoms with van der Waals surface area (Å²) in [4.78, 5) is 5.80. The van der Waals surface area contributed by atoms with E-state index in [0.29, 0.717) is 11.6 Å². The van der Waals surface area contributed by atoms with Crippen LogP contribution in [0.2, 0.25) is 0 Å². The molecule has 3 heteroatoms. The van der Waals surface area contributed by atoms with Gasteiger partial charge in [0.25, 0.3) is 0 Å². The number of rotatable bonds is 2. The third kappa shape index (κ3) is 2.61. The number of nitrogens with zero attached hydrogens (tertiary/aromatic N) is 1. The van der Waals surface area contributed by atoms with Gasteiger partial charge in [-0.3, -0.25) is 4.90 Å². The fourth-order valence-corrected chi connectivity index (χ4v) is 4.91. The lowest BCUT2D eigenvalue weighted by molar-refractivity contribution is -0.00175. The van der Waals surface area contributed by atoms with E-state index in [1.54, 1.807) is 4.88 Å². The summed E-state index contributed by atoms with van der Waals surface area (Å²) in [6.07, 6.45) is 7.02. The molecule has 0 amide bonds. The number of thiophene rings is 1. The van der Waals surface area contributed by atoms with Crippen molar-refractivity contribution in [2.45, 2.75) is 57.5 Å². The number of nitrogens with one attached hydrogen (secondary N) is 1. The third-order valence-corrected chi connectivity index (χ3v) is 6.19. The second-order valence-corrected chi connectivity index (χ2v) is 7.60. The maximum atomic E-state index is 3.65. The largest absolute Gasteiger partial charge is 0.314 e. The molecule has 0 radical (unpaired) electrons. The van der Waals surface area contributed by atoms with Crippen molar-refractivity contribution >= 4 is 11.3 Å².